The molecule has 3 heterocycles. The zero-order valence-corrected chi connectivity index (χ0v) is 14.9. The van der Waals surface area contributed by atoms with Crippen LogP contribution in [0.15, 0.2) is 54.6 Å². The van der Waals surface area contributed by atoms with E-state index in [9.17, 15) is 0 Å². The number of hydrogen-bond donors (Lipinski definition) is 0. The van der Waals surface area contributed by atoms with Crippen molar-refractivity contribution in [3.05, 3.63) is 60.2 Å². The van der Waals surface area contributed by atoms with Crippen LogP contribution in [0.1, 0.15) is 18.4 Å². The highest BCUT2D eigenvalue weighted by molar-refractivity contribution is 5.79. The molecule has 1 aromatic heterocycles. The molecule has 5 rings (SSSR count). The van der Waals surface area contributed by atoms with Crippen LogP contribution >= 0.6 is 0 Å². The number of anilines is 1. The van der Waals surface area contributed by atoms with E-state index in [1.165, 1.54) is 17.5 Å². The highest BCUT2D eigenvalue weighted by Crippen LogP contribution is 2.28. The maximum atomic E-state index is 5.90. The van der Waals surface area contributed by atoms with Crippen LogP contribution in [-0.4, -0.2) is 40.4 Å². The Hall–Kier alpha value is -2.37. The van der Waals surface area contributed by atoms with Crippen molar-refractivity contribution in [3.63, 3.8) is 0 Å². The molecule has 5 nitrogen and oxygen atoms in total. The monoisotopic (exact) mass is 348 g/mol. The Morgan fingerprint density at radius 2 is 1.85 bits per heavy atom. The zero-order valence-electron chi connectivity index (χ0n) is 14.9. The average molecular weight is 348 g/mol. The molecular weight excluding hydrogens is 324 g/mol. The van der Waals surface area contributed by atoms with Crippen molar-refractivity contribution < 1.29 is 4.74 Å². The molecule has 1 fully saturated rings. The maximum absolute atomic E-state index is 5.90. The minimum atomic E-state index is 0.319. The van der Waals surface area contributed by atoms with Crippen LogP contribution in [0.4, 0.5) is 5.95 Å². The first kappa shape index (κ1) is 15.9. The molecule has 26 heavy (non-hydrogen) atoms. The van der Waals surface area contributed by atoms with Gasteiger partial charge in [-0.15, -0.1) is 0 Å². The minimum Gasteiger partial charge on any atom is -0.376 e. The lowest BCUT2D eigenvalue weighted by Crippen LogP contribution is -2.47. The number of para-hydroxylation sites is 2. The lowest BCUT2D eigenvalue weighted by atomic mass is 10.2. The maximum Gasteiger partial charge on any atom is 0.208 e. The second-order valence-corrected chi connectivity index (χ2v) is 7.28. The Labute approximate surface area is 153 Å². The highest BCUT2D eigenvalue weighted by atomic mass is 16.5. The van der Waals surface area contributed by atoms with Crippen LogP contribution in [0.2, 0.25) is 0 Å². The SMILES string of the molecule is c1ccc(CN2CN(CC3CCCO3)c3nc4ccccc4n3C2)cc1. The van der Waals surface area contributed by atoms with E-state index in [0.717, 1.165) is 50.9 Å². The molecule has 0 spiro atoms. The largest absolute Gasteiger partial charge is 0.376 e. The molecular formula is C21H24N4O. The Morgan fingerprint density at radius 3 is 2.69 bits per heavy atom. The fraction of sp³-hybridized carbons (Fsp3) is 0.381. The summed E-state index contributed by atoms with van der Waals surface area (Å²) in [6.45, 7) is 4.50. The molecule has 2 aliphatic heterocycles. The summed E-state index contributed by atoms with van der Waals surface area (Å²) in [5.74, 6) is 1.08. The zero-order chi connectivity index (χ0) is 17.3. The summed E-state index contributed by atoms with van der Waals surface area (Å²) in [5, 5.41) is 0. The van der Waals surface area contributed by atoms with E-state index in [1.54, 1.807) is 0 Å². The van der Waals surface area contributed by atoms with Gasteiger partial charge in [0.25, 0.3) is 0 Å². The summed E-state index contributed by atoms with van der Waals surface area (Å²) in [4.78, 5) is 9.79. The lowest BCUT2D eigenvalue weighted by molar-refractivity contribution is 0.105. The van der Waals surface area contributed by atoms with Gasteiger partial charge in [-0.05, 0) is 30.5 Å². The summed E-state index contributed by atoms with van der Waals surface area (Å²) in [6.07, 6.45) is 2.64. The van der Waals surface area contributed by atoms with Crippen molar-refractivity contribution in [2.75, 3.05) is 24.7 Å². The van der Waals surface area contributed by atoms with Gasteiger partial charge in [-0.25, -0.2) is 4.98 Å². The van der Waals surface area contributed by atoms with Crippen LogP contribution in [-0.2, 0) is 18.0 Å². The summed E-state index contributed by atoms with van der Waals surface area (Å²) in [7, 11) is 0. The number of rotatable bonds is 4. The van der Waals surface area contributed by atoms with Crippen LogP contribution in [0, 0.1) is 0 Å². The number of fused-ring (bicyclic) bond motifs is 3. The summed E-state index contributed by atoms with van der Waals surface area (Å²) >= 11 is 0. The number of benzene rings is 2. The molecule has 5 heteroatoms. The molecule has 0 N–H and O–H groups in total. The molecule has 0 bridgehead atoms. The molecule has 2 aliphatic rings. The molecule has 3 aromatic rings. The van der Waals surface area contributed by atoms with E-state index < -0.39 is 0 Å². The van der Waals surface area contributed by atoms with Crippen LogP contribution in [0.5, 0.6) is 0 Å². The predicted octanol–water partition coefficient (Wildman–Crippen LogP) is 3.45. The fourth-order valence-corrected chi connectivity index (χ4v) is 4.11. The predicted molar refractivity (Wildman–Crippen MR) is 103 cm³/mol. The molecule has 1 saturated heterocycles. The Balaban J connectivity index is 1.47. The van der Waals surface area contributed by atoms with Crippen LogP contribution in [0.25, 0.3) is 11.0 Å². The third-order valence-corrected chi connectivity index (χ3v) is 5.33. The number of aromatic nitrogens is 2. The fourth-order valence-electron chi connectivity index (χ4n) is 4.11. The standard InChI is InChI=1S/C21H24N4O/c1-2-7-17(8-3-1)13-23-15-24(14-18-9-6-12-26-18)21-22-19-10-4-5-11-20(19)25(21)16-23/h1-5,7-8,10-11,18H,6,9,12-16H2. The number of imidazole rings is 1. The van der Waals surface area contributed by atoms with Gasteiger partial charge in [0.05, 0.1) is 30.5 Å². The number of nitrogens with zero attached hydrogens (tertiary/aromatic N) is 4. The second-order valence-electron chi connectivity index (χ2n) is 7.28. The lowest BCUT2D eigenvalue weighted by Gasteiger charge is -2.38. The average Bonchev–Trinajstić information content (AvgIpc) is 3.31. The molecule has 1 atom stereocenters. The molecule has 134 valence electrons. The van der Waals surface area contributed by atoms with Crippen molar-refractivity contribution in [2.45, 2.75) is 32.2 Å². The normalized spacial score (nSPS) is 20.6. The van der Waals surface area contributed by atoms with E-state index in [4.69, 9.17) is 9.72 Å². The van der Waals surface area contributed by atoms with Crippen LogP contribution in [0.3, 0.4) is 0 Å². The minimum absolute atomic E-state index is 0.319. The third-order valence-electron chi connectivity index (χ3n) is 5.33. The van der Waals surface area contributed by atoms with Crippen molar-refractivity contribution in [3.8, 4) is 0 Å². The molecule has 0 radical (unpaired) electrons. The third kappa shape index (κ3) is 2.97. The van der Waals surface area contributed by atoms with Gasteiger partial charge in [-0.2, -0.15) is 0 Å². The molecule has 0 aliphatic carbocycles. The summed E-state index contributed by atoms with van der Waals surface area (Å²) in [5.41, 5.74) is 3.62. The molecule has 0 amide bonds. The quantitative estimate of drug-likeness (QED) is 0.723. The van der Waals surface area contributed by atoms with Gasteiger partial charge in [-0.3, -0.25) is 9.47 Å². The first-order chi connectivity index (χ1) is 12.9. The smallest absolute Gasteiger partial charge is 0.208 e. The molecule has 0 saturated carbocycles. The van der Waals surface area contributed by atoms with Gasteiger partial charge in [0.1, 0.15) is 0 Å². The van der Waals surface area contributed by atoms with Gasteiger partial charge in [0.2, 0.25) is 5.95 Å². The van der Waals surface area contributed by atoms with Crippen LogP contribution < -0.4 is 4.90 Å². The molecule has 2 aromatic carbocycles. The summed E-state index contributed by atoms with van der Waals surface area (Å²) in [6, 6.07) is 19.1. The Morgan fingerprint density at radius 1 is 1.00 bits per heavy atom. The Kier molecular flexibility index (Phi) is 4.11. The summed E-state index contributed by atoms with van der Waals surface area (Å²) < 4.78 is 8.25. The number of hydrogen-bond acceptors (Lipinski definition) is 4. The van der Waals surface area contributed by atoms with Gasteiger partial charge in [-0.1, -0.05) is 42.5 Å². The second kappa shape index (κ2) is 6.74. The van der Waals surface area contributed by atoms with Gasteiger partial charge >= 0.3 is 0 Å². The van der Waals surface area contributed by atoms with Crippen molar-refractivity contribution in [2.24, 2.45) is 0 Å². The van der Waals surface area contributed by atoms with Crippen molar-refractivity contribution in [1.82, 2.24) is 14.5 Å². The van der Waals surface area contributed by atoms with Gasteiger partial charge in [0, 0.05) is 19.7 Å². The Bertz CT molecular complexity index is 885. The molecule has 1 unspecified atom stereocenters. The number of ether oxygens (including phenoxy) is 1. The first-order valence-electron chi connectivity index (χ1n) is 9.45. The highest BCUT2D eigenvalue weighted by Gasteiger charge is 2.29. The van der Waals surface area contributed by atoms with Gasteiger partial charge < -0.3 is 9.64 Å². The van der Waals surface area contributed by atoms with Crippen molar-refractivity contribution >= 4 is 17.0 Å². The van der Waals surface area contributed by atoms with E-state index in [-0.39, 0.29) is 0 Å². The van der Waals surface area contributed by atoms with E-state index >= 15 is 0 Å². The van der Waals surface area contributed by atoms with E-state index in [2.05, 4.69) is 69.0 Å². The topological polar surface area (TPSA) is 33.5 Å². The van der Waals surface area contributed by atoms with Crippen molar-refractivity contribution in [1.29, 1.82) is 0 Å². The van der Waals surface area contributed by atoms with E-state index in [0.29, 0.717) is 6.10 Å². The van der Waals surface area contributed by atoms with Gasteiger partial charge in [0.15, 0.2) is 0 Å². The van der Waals surface area contributed by atoms with E-state index in [1.807, 2.05) is 0 Å². The first-order valence-corrected chi connectivity index (χ1v) is 9.45.